The van der Waals surface area contributed by atoms with Gasteiger partial charge in [0.1, 0.15) is 17.9 Å². The van der Waals surface area contributed by atoms with Crippen LogP contribution in [0.4, 0.5) is 5.69 Å². The molecule has 0 aromatic heterocycles. The Morgan fingerprint density at radius 3 is 2.48 bits per heavy atom. The molecule has 1 aliphatic rings. The first-order valence-corrected chi connectivity index (χ1v) is 9.51. The zero-order chi connectivity index (χ0) is 22.3. The zero-order valence-corrected chi connectivity index (χ0v) is 17.2. The fraction of sp³-hybridized carbons (Fsp3) is 0.318. The molecule has 3 N–H and O–H groups in total. The van der Waals surface area contributed by atoms with Crippen LogP contribution in [0.2, 0.25) is 0 Å². The maximum Gasteiger partial charge on any atom is 0.209 e. The second kappa shape index (κ2) is 9.92. The number of ether oxygens (including phenoxy) is 3. The number of para-hydroxylation sites is 1. The van der Waals surface area contributed by atoms with Gasteiger partial charge in [-0.25, -0.2) is 4.99 Å². The Balaban J connectivity index is 2.10. The van der Waals surface area contributed by atoms with Gasteiger partial charge < -0.3 is 24.6 Å². The predicted octanol–water partition coefficient (Wildman–Crippen LogP) is 1.92. The number of fused-ring (bicyclic) bond motifs is 1. The van der Waals surface area contributed by atoms with Gasteiger partial charge >= 0.3 is 0 Å². The van der Waals surface area contributed by atoms with Crippen LogP contribution in [0, 0.1) is 22.8 Å². The van der Waals surface area contributed by atoms with Gasteiger partial charge in [0.05, 0.1) is 24.8 Å². The van der Waals surface area contributed by atoms with Crippen molar-refractivity contribution in [3.8, 4) is 18.0 Å². The van der Waals surface area contributed by atoms with Gasteiger partial charge in [0.25, 0.3) is 0 Å². The molecule has 2 aromatic rings. The number of aliphatic hydroxyl groups excluding tert-OH is 1. The molecule has 1 aliphatic heterocycles. The number of hydrogen-bond donors (Lipinski definition) is 3. The molecule has 0 saturated heterocycles. The fourth-order valence-corrected chi connectivity index (χ4v) is 3.53. The summed E-state index contributed by atoms with van der Waals surface area (Å²) in [5, 5.41) is 35.4. The third-order valence-corrected chi connectivity index (χ3v) is 4.87. The first-order chi connectivity index (χ1) is 15.1. The topological polar surface area (TPSA) is 132 Å². The average molecular weight is 421 g/mol. The summed E-state index contributed by atoms with van der Waals surface area (Å²) in [5.74, 6) is 0.583. The molecule has 3 rings (SSSR count). The summed E-state index contributed by atoms with van der Waals surface area (Å²) in [6.07, 6.45) is 0.659. The monoisotopic (exact) mass is 421 g/mol. The second-order valence-corrected chi connectivity index (χ2v) is 6.99. The van der Waals surface area contributed by atoms with E-state index in [1.807, 2.05) is 36.5 Å². The summed E-state index contributed by atoms with van der Waals surface area (Å²) in [4.78, 5) is 4.60. The number of nitriles is 2. The molecule has 0 amide bonds. The molecule has 0 fully saturated rings. The summed E-state index contributed by atoms with van der Waals surface area (Å²) in [6, 6.07) is 15.3. The molecule has 9 nitrogen and oxygen atoms in total. The number of anilines is 1. The lowest BCUT2D eigenvalue weighted by atomic mass is 9.84. The number of methoxy groups -OCH3 is 2. The Morgan fingerprint density at radius 2 is 1.87 bits per heavy atom. The molecule has 0 aliphatic carbocycles. The summed E-state index contributed by atoms with van der Waals surface area (Å²) in [5.41, 5.74) is 0.383. The number of aliphatic hydroxyl groups is 1. The molecular formula is C22H23N5O4. The van der Waals surface area contributed by atoms with E-state index >= 15 is 0 Å². The van der Waals surface area contributed by atoms with Crippen molar-refractivity contribution in [2.75, 3.05) is 32.8 Å². The van der Waals surface area contributed by atoms with E-state index < -0.39 is 17.7 Å². The van der Waals surface area contributed by atoms with Crippen molar-refractivity contribution in [2.45, 2.75) is 17.7 Å². The molecule has 0 spiro atoms. The van der Waals surface area contributed by atoms with E-state index in [0.29, 0.717) is 22.6 Å². The van der Waals surface area contributed by atoms with Gasteiger partial charge in [-0.05, 0) is 30.3 Å². The largest absolute Gasteiger partial charge is 0.479 e. The van der Waals surface area contributed by atoms with Crippen LogP contribution < -0.4 is 15.4 Å². The Hall–Kier alpha value is -3.63. The lowest BCUT2D eigenvalue weighted by Gasteiger charge is -2.44. The van der Waals surface area contributed by atoms with Crippen LogP contribution in [0.15, 0.2) is 53.5 Å². The van der Waals surface area contributed by atoms with Crippen LogP contribution >= 0.6 is 0 Å². The van der Waals surface area contributed by atoms with Gasteiger partial charge in [0.2, 0.25) is 5.96 Å². The van der Waals surface area contributed by atoms with Crippen LogP contribution in [0.25, 0.3) is 0 Å². The van der Waals surface area contributed by atoms with Gasteiger partial charge in [0.15, 0.2) is 11.8 Å². The molecule has 0 saturated carbocycles. The van der Waals surface area contributed by atoms with Gasteiger partial charge in [-0.3, -0.25) is 5.32 Å². The highest BCUT2D eigenvalue weighted by Crippen LogP contribution is 2.43. The Bertz CT molecular complexity index is 1010. The van der Waals surface area contributed by atoms with Crippen LogP contribution in [0.3, 0.4) is 0 Å². The normalized spacial score (nSPS) is 19.3. The highest BCUT2D eigenvalue weighted by Gasteiger charge is 2.50. The molecule has 0 unspecified atom stereocenters. The minimum atomic E-state index is -1.23. The number of rotatable bonds is 6. The lowest BCUT2D eigenvalue weighted by molar-refractivity contribution is -0.144. The third kappa shape index (κ3) is 4.76. The zero-order valence-electron chi connectivity index (χ0n) is 17.2. The first kappa shape index (κ1) is 22.1. The Kier molecular flexibility index (Phi) is 7.06. The minimum Gasteiger partial charge on any atom is -0.479 e. The van der Waals surface area contributed by atoms with E-state index in [-0.39, 0.29) is 19.2 Å². The lowest BCUT2D eigenvalue weighted by Crippen LogP contribution is -2.59. The summed E-state index contributed by atoms with van der Waals surface area (Å²) < 4.78 is 16.7. The smallest absolute Gasteiger partial charge is 0.209 e. The quantitative estimate of drug-likeness (QED) is 0.279. The van der Waals surface area contributed by atoms with E-state index in [1.165, 1.54) is 14.2 Å². The van der Waals surface area contributed by atoms with Crippen molar-refractivity contribution < 1.29 is 19.3 Å². The average Bonchev–Trinajstić information content (AvgIpc) is 2.78. The molecule has 0 radical (unpaired) electrons. The van der Waals surface area contributed by atoms with Gasteiger partial charge in [-0.1, -0.05) is 18.2 Å². The minimum absolute atomic E-state index is 0.0423. The molecule has 160 valence electrons. The Morgan fingerprint density at radius 1 is 1.16 bits per heavy atom. The number of nitrogens with one attached hydrogen (secondary N) is 2. The number of hydrogen-bond acceptors (Lipinski definition) is 7. The van der Waals surface area contributed by atoms with Crippen molar-refractivity contribution in [3.05, 3.63) is 59.7 Å². The molecule has 0 bridgehead atoms. The molecule has 2 aromatic carbocycles. The van der Waals surface area contributed by atoms with Crippen LogP contribution in [0.1, 0.15) is 17.2 Å². The third-order valence-electron chi connectivity index (χ3n) is 4.87. The maximum atomic E-state index is 11.3. The molecule has 1 heterocycles. The van der Waals surface area contributed by atoms with Crippen molar-refractivity contribution in [1.82, 2.24) is 5.32 Å². The Labute approximate surface area is 180 Å². The van der Waals surface area contributed by atoms with E-state index in [1.54, 1.807) is 18.2 Å². The molecular weight excluding hydrogens is 398 g/mol. The van der Waals surface area contributed by atoms with Gasteiger partial charge in [-0.15, -0.1) is 0 Å². The fourth-order valence-electron chi connectivity index (χ4n) is 3.53. The van der Waals surface area contributed by atoms with Gasteiger partial charge in [0, 0.05) is 25.5 Å². The van der Waals surface area contributed by atoms with Crippen molar-refractivity contribution in [1.29, 1.82) is 10.5 Å². The maximum absolute atomic E-state index is 11.3. The van der Waals surface area contributed by atoms with E-state index in [0.717, 1.165) is 0 Å². The standard InChI is InChI=1S/C22H23N5O4/c1-29-12-22(13-30-2)20(28)19(17-10-15(11-23)8-9-18(17)31-22)27-21(25-14-24)26-16-6-4-3-5-7-16/h3-10,19-20,28H,12-13H2,1-2H3,(H2,25,26,27)/t19-,20+/m1/s1. The number of benzene rings is 2. The predicted molar refractivity (Wildman–Crippen MR) is 113 cm³/mol. The van der Waals surface area contributed by atoms with Crippen LogP contribution in [-0.2, 0) is 9.47 Å². The van der Waals surface area contributed by atoms with Crippen LogP contribution in [0.5, 0.6) is 5.75 Å². The summed E-state index contributed by atoms with van der Waals surface area (Å²) in [7, 11) is 3.00. The highest BCUT2D eigenvalue weighted by molar-refractivity contribution is 5.94. The highest BCUT2D eigenvalue weighted by atomic mass is 16.6. The van der Waals surface area contributed by atoms with E-state index in [2.05, 4.69) is 21.7 Å². The number of guanidine groups is 1. The number of aliphatic imine (C=N–C) groups is 1. The second-order valence-electron chi connectivity index (χ2n) is 6.99. The van der Waals surface area contributed by atoms with Gasteiger partial charge in [-0.2, -0.15) is 10.5 Å². The number of nitrogens with zero attached hydrogens (tertiary/aromatic N) is 3. The summed E-state index contributed by atoms with van der Waals surface area (Å²) >= 11 is 0. The van der Waals surface area contributed by atoms with Crippen molar-refractivity contribution >= 4 is 11.6 Å². The van der Waals surface area contributed by atoms with E-state index in [4.69, 9.17) is 14.2 Å². The SMILES string of the molecule is COCC1(COC)Oc2ccc(C#N)cc2[C@@H](N=C(NC#N)Nc2ccccc2)[C@@H]1O. The van der Waals surface area contributed by atoms with Crippen LogP contribution in [-0.4, -0.2) is 50.2 Å². The molecule has 31 heavy (non-hydrogen) atoms. The van der Waals surface area contributed by atoms with Crippen molar-refractivity contribution in [2.24, 2.45) is 4.99 Å². The first-order valence-electron chi connectivity index (χ1n) is 9.51. The molecule has 2 atom stereocenters. The molecule has 9 heteroatoms. The van der Waals surface area contributed by atoms with E-state index in [9.17, 15) is 15.6 Å². The summed E-state index contributed by atoms with van der Waals surface area (Å²) in [6.45, 7) is 0.0845. The van der Waals surface area contributed by atoms with Crippen molar-refractivity contribution in [3.63, 3.8) is 0 Å².